The lowest BCUT2D eigenvalue weighted by Crippen LogP contribution is -2.62. The van der Waals surface area contributed by atoms with Crippen molar-refractivity contribution in [2.45, 2.75) is 44.0 Å². The minimum Gasteiger partial charge on any atom is -0.436 e. The van der Waals surface area contributed by atoms with E-state index in [1.165, 1.54) is 13.8 Å². The van der Waals surface area contributed by atoms with Gasteiger partial charge in [0.1, 0.15) is 28.3 Å². The first kappa shape index (κ1) is 23.5. The van der Waals surface area contributed by atoms with Gasteiger partial charge in [-0.2, -0.15) is 13.2 Å². The number of hydrogen-bond acceptors (Lipinski definition) is 4. The van der Waals surface area contributed by atoms with Crippen molar-refractivity contribution >= 4 is 11.1 Å². The summed E-state index contributed by atoms with van der Waals surface area (Å²) in [7, 11) is 0. The second-order valence-electron chi connectivity index (χ2n) is 8.50. The zero-order chi connectivity index (χ0) is 24.4. The highest BCUT2D eigenvalue weighted by Crippen LogP contribution is 2.48. The highest BCUT2D eigenvalue weighted by molar-refractivity contribution is 5.77. The zero-order valence-electron chi connectivity index (χ0n) is 17.7. The molecule has 0 spiro atoms. The summed E-state index contributed by atoms with van der Waals surface area (Å²) in [5, 5.41) is 2.60. The molecule has 1 aromatic heterocycles. The first-order valence-electron chi connectivity index (χ1n) is 9.92. The van der Waals surface area contributed by atoms with Crippen LogP contribution in [-0.2, 0) is 16.5 Å². The second kappa shape index (κ2) is 7.42. The largest absolute Gasteiger partial charge is 0.436 e. The number of ether oxygens (including phenoxy) is 1. The van der Waals surface area contributed by atoms with Gasteiger partial charge >= 0.3 is 6.18 Å². The van der Waals surface area contributed by atoms with Gasteiger partial charge in [0.15, 0.2) is 5.58 Å². The van der Waals surface area contributed by atoms with Crippen LogP contribution in [0.15, 0.2) is 34.7 Å². The maximum Gasteiger partial charge on any atom is 0.416 e. The van der Waals surface area contributed by atoms with Crippen LogP contribution in [0.3, 0.4) is 0 Å². The summed E-state index contributed by atoms with van der Waals surface area (Å²) in [4.78, 5) is 3.96. The van der Waals surface area contributed by atoms with Crippen LogP contribution in [0.25, 0.3) is 22.6 Å². The lowest BCUT2D eigenvalue weighted by atomic mass is 9.77. The molecule has 0 saturated carbocycles. The van der Waals surface area contributed by atoms with E-state index in [0.29, 0.717) is 12.1 Å². The Morgan fingerprint density at radius 1 is 1.00 bits per heavy atom. The number of nitrogens with one attached hydrogen (secondary N) is 1. The number of aromatic nitrogens is 1. The Morgan fingerprint density at radius 2 is 1.70 bits per heavy atom. The van der Waals surface area contributed by atoms with Crippen molar-refractivity contribution in [1.82, 2.24) is 10.3 Å². The van der Waals surface area contributed by atoms with Gasteiger partial charge < -0.3 is 14.5 Å². The lowest BCUT2D eigenvalue weighted by Gasteiger charge is -2.44. The van der Waals surface area contributed by atoms with Crippen LogP contribution in [0, 0.1) is 11.6 Å². The summed E-state index contributed by atoms with van der Waals surface area (Å²) >= 11 is 0. The van der Waals surface area contributed by atoms with E-state index < -0.39 is 57.5 Å². The predicted molar refractivity (Wildman–Crippen MR) is 105 cm³/mol. The molecule has 1 aliphatic rings. The molecule has 33 heavy (non-hydrogen) atoms. The van der Waals surface area contributed by atoms with E-state index in [4.69, 9.17) is 9.15 Å². The summed E-state index contributed by atoms with van der Waals surface area (Å²) in [5.74, 6) is -6.54. The molecule has 0 bridgehead atoms. The highest BCUT2D eigenvalue weighted by Gasteiger charge is 2.63. The fourth-order valence-electron chi connectivity index (χ4n) is 3.99. The number of benzene rings is 2. The standard InChI is InChI=1S/C22H19F7N2O2/c1-19(2)22(28,29)20(3,30-6-7-32-19)13-9-12(14(23)10-15(13)24)18-31-16-5-4-11(21(25,26)27)8-17(16)33-18/h4-5,8-10,30H,6-7H2,1-3H3/t20-/m1/s1. The Kier molecular flexibility index (Phi) is 5.29. The Morgan fingerprint density at radius 3 is 2.36 bits per heavy atom. The van der Waals surface area contributed by atoms with E-state index in [9.17, 15) is 22.0 Å². The molecule has 4 nitrogen and oxygen atoms in total. The molecule has 1 atom stereocenters. The molecule has 4 rings (SSSR count). The van der Waals surface area contributed by atoms with Crippen LogP contribution < -0.4 is 5.32 Å². The van der Waals surface area contributed by atoms with E-state index in [2.05, 4.69) is 10.3 Å². The van der Waals surface area contributed by atoms with Crippen LogP contribution >= 0.6 is 0 Å². The molecule has 0 aliphatic carbocycles. The summed E-state index contributed by atoms with van der Waals surface area (Å²) < 4.78 is 110. The maximum absolute atomic E-state index is 15.5. The van der Waals surface area contributed by atoms with Crippen molar-refractivity contribution in [2.24, 2.45) is 0 Å². The molecule has 178 valence electrons. The highest BCUT2D eigenvalue weighted by atomic mass is 19.4. The summed E-state index contributed by atoms with van der Waals surface area (Å²) in [6, 6.07) is 3.76. The third kappa shape index (κ3) is 3.67. The molecule has 11 heteroatoms. The van der Waals surface area contributed by atoms with Gasteiger partial charge in [0.05, 0.1) is 17.7 Å². The SMILES string of the molecule is CC1(C)OCCN[C@](C)(c2cc(-c3nc4ccc(C(F)(F)F)cc4o3)c(F)cc2F)C1(F)F. The fourth-order valence-corrected chi connectivity index (χ4v) is 3.99. The minimum absolute atomic E-state index is 0.0121. The first-order chi connectivity index (χ1) is 15.2. The molecule has 2 aromatic carbocycles. The number of halogens is 7. The van der Waals surface area contributed by atoms with Crippen LogP contribution in [0.2, 0.25) is 0 Å². The van der Waals surface area contributed by atoms with E-state index in [1.807, 2.05) is 0 Å². The van der Waals surface area contributed by atoms with E-state index in [1.54, 1.807) is 0 Å². The monoisotopic (exact) mass is 476 g/mol. The lowest BCUT2D eigenvalue weighted by molar-refractivity contribution is -0.216. The van der Waals surface area contributed by atoms with Crippen LogP contribution in [-0.4, -0.2) is 29.7 Å². The van der Waals surface area contributed by atoms with Gasteiger partial charge in [-0.05, 0) is 45.0 Å². The van der Waals surface area contributed by atoms with E-state index >= 15 is 8.78 Å². The Hall–Kier alpha value is -2.66. The molecule has 0 unspecified atom stereocenters. The van der Waals surface area contributed by atoms with Crippen LogP contribution in [0.4, 0.5) is 30.7 Å². The average molecular weight is 476 g/mol. The first-order valence-corrected chi connectivity index (χ1v) is 9.92. The van der Waals surface area contributed by atoms with Crippen molar-refractivity contribution in [1.29, 1.82) is 0 Å². The molecule has 1 aliphatic heterocycles. The maximum atomic E-state index is 15.5. The van der Waals surface area contributed by atoms with Crippen LogP contribution in [0.5, 0.6) is 0 Å². The quantitative estimate of drug-likeness (QED) is 0.458. The van der Waals surface area contributed by atoms with Gasteiger partial charge in [-0.25, -0.2) is 22.5 Å². The number of hydrogen-bond donors (Lipinski definition) is 1. The molecule has 0 amide bonds. The number of nitrogens with zero attached hydrogens (tertiary/aromatic N) is 1. The van der Waals surface area contributed by atoms with Crippen molar-refractivity contribution in [3.63, 3.8) is 0 Å². The molecular formula is C22H19F7N2O2. The van der Waals surface area contributed by atoms with E-state index in [0.717, 1.165) is 25.1 Å². The van der Waals surface area contributed by atoms with Gasteiger partial charge in [0, 0.05) is 18.2 Å². The third-order valence-electron chi connectivity index (χ3n) is 5.97. The summed E-state index contributed by atoms with van der Waals surface area (Å²) in [6.45, 7) is 3.30. The predicted octanol–water partition coefficient (Wildman–Crippen LogP) is 6.04. The van der Waals surface area contributed by atoms with Gasteiger partial charge in [-0.1, -0.05) is 0 Å². The van der Waals surface area contributed by atoms with Crippen molar-refractivity contribution < 1.29 is 39.9 Å². The second-order valence-corrected chi connectivity index (χ2v) is 8.50. The number of fused-ring (bicyclic) bond motifs is 1. The fraction of sp³-hybridized carbons (Fsp3) is 0.409. The number of alkyl halides is 5. The van der Waals surface area contributed by atoms with Gasteiger partial charge in [0.2, 0.25) is 5.89 Å². The average Bonchev–Trinajstić information content (AvgIpc) is 3.10. The molecular weight excluding hydrogens is 457 g/mol. The Bertz CT molecular complexity index is 1220. The Labute approximate surface area is 183 Å². The van der Waals surface area contributed by atoms with E-state index in [-0.39, 0.29) is 24.3 Å². The molecule has 1 N–H and O–H groups in total. The zero-order valence-corrected chi connectivity index (χ0v) is 17.7. The van der Waals surface area contributed by atoms with Gasteiger partial charge in [0.25, 0.3) is 5.92 Å². The van der Waals surface area contributed by atoms with Crippen LogP contribution in [0.1, 0.15) is 31.9 Å². The molecule has 0 radical (unpaired) electrons. The summed E-state index contributed by atoms with van der Waals surface area (Å²) in [6.07, 6.45) is -4.64. The molecule has 1 fully saturated rings. The Balaban J connectivity index is 1.88. The molecule has 3 aromatic rings. The van der Waals surface area contributed by atoms with Crippen molar-refractivity contribution in [3.8, 4) is 11.5 Å². The smallest absolute Gasteiger partial charge is 0.416 e. The number of rotatable bonds is 2. The van der Waals surface area contributed by atoms with Gasteiger partial charge in [-0.15, -0.1) is 0 Å². The molecule has 2 heterocycles. The van der Waals surface area contributed by atoms with Crippen molar-refractivity contribution in [3.05, 3.63) is 53.1 Å². The minimum atomic E-state index is -4.64. The third-order valence-corrected chi connectivity index (χ3v) is 5.97. The number of oxazole rings is 1. The van der Waals surface area contributed by atoms with Crippen molar-refractivity contribution in [2.75, 3.05) is 13.2 Å². The van der Waals surface area contributed by atoms with Gasteiger partial charge in [-0.3, -0.25) is 0 Å². The summed E-state index contributed by atoms with van der Waals surface area (Å²) in [5.41, 5.74) is -6.65. The molecule has 1 saturated heterocycles. The normalized spacial score (nSPS) is 23.0. The topological polar surface area (TPSA) is 47.3 Å².